The number of hydrogen-bond acceptors (Lipinski definition) is 5. The van der Waals surface area contributed by atoms with Crippen molar-refractivity contribution in [1.29, 1.82) is 0 Å². The Balaban J connectivity index is 2.02. The summed E-state index contributed by atoms with van der Waals surface area (Å²) in [6.07, 6.45) is 0.416. The number of ketones is 1. The maximum absolute atomic E-state index is 12.3. The standard InChI is InChI=1S/C16H18N2O4/c1-9-6-10(2)15(11(3)7-9)13(19)8-22-16(21)12-4-5-14(20)18-17-12/h6-7H,4-5,8H2,1-3H3,(H,18,20). The van der Waals surface area contributed by atoms with Gasteiger partial charge in [0.1, 0.15) is 5.71 Å². The molecular formula is C16H18N2O4. The molecular weight excluding hydrogens is 284 g/mol. The Hall–Kier alpha value is -2.50. The summed E-state index contributed by atoms with van der Waals surface area (Å²) in [4.78, 5) is 35.0. The molecule has 116 valence electrons. The number of esters is 1. The zero-order valence-corrected chi connectivity index (χ0v) is 12.9. The number of ether oxygens (including phenoxy) is 1. The van der Waals surface area contributed by atoms with Gasteiger partial charge in [-0.1, -0.05) is 17.7 Å². The van der Waals surface area contributed by atoms with Crippen LogP contribution in [-0.2, 0) is 14.3 Å². The van der Waals surface area contributed by atoms with Gasteiger partial charge in [-0.2, -0.15) is 5.10 Å². The van der Waals surface area contributed by atoms with Gasteiger partial charge in [-0.25, -0.2) is 10.2 Å². The van der Waals surface area contributed by atoms with Gasteiger partial charge < -0.3 is 4.74 Å². The SMILES string of the molecule is Cc1cc(C)c(C(=O)COC(=O)C2=NNC(=O)CC2)c(C)c1. The Morgan fingerprint density at radius 2 is 1.82 bits per heavy atom. The van der Waals surface area contributed by atoms with Crippen LogP contribution in [0.15, 0.2) is 17.2 Å². The Labute approximate surface area is 128 Å². The van der Waals surface area contributed by atoms with Crippen LogP contribution >= 0.6 is 0 Å². The van der Waals surface area contributed by atoms with Gasteiger partial charge in [-0.3, -0.25) is 9.59 Å². The third-order valence-electron chi connectivity index (χ3n) is 3.43. The first kappa shape index (κ1) is 15.9. The van der Waals surface area contributed by atoms with Crippen LogP contribution in [0.25, 0.3) is 0 Å². The molecule has 0 spiro atoms. The molecule has 0 atom stereocenters. The van der Waals surface area contributed by atoms with Crippen LogP contribution < -0.4 is 5.43 Å². The van der Waals surface area contributed by atoms with E-state index in [9.17, 15) is 14.4 Å². The first-order chi connectivity index (χ1) is 10.4. The highest BCUT2D eigenvalue weighted by Crippen LogP contribution is 2.17. The predicted octanol–water partition coefficient (Wildman–Crippen LogP) is 1.60. The van der Waals surface area contributed by atoms with Gasteiger partial charge in [0, 0.05) is 18.4 Å². The van der Waals surface area contributed by atoms with Crippen LogP contribution in [0.3, 0.4) is 0 Å². The molecule has 0 saturated heterocycles. The lowest BCUT2D eigenvalue weighted by Gasteiger charge is -2.13. The number of rotatable bonds is 4. The van der Waals surface area contributed by atoms with Crippen molar-refractivity contribution >= 4 is 23.4 Å². The second-order valence-corrected chi connectivity index (χ2v) is 5.37. The van der Waals surface area contributed by atoms with Crippen molar-refractivity contribution in [2.45, 2.75) is 33.6 Å². The van der Waals surface area contributed by atoms with Crippen molar-refractivity contribution in [2.24, 2.45) is 5.10 Å². The number of aryl methyl sites for hydroxylation is 3. The van der Waals surface area contributed by atoms with Gasteiger partial charge in [0.05, 0.1) is 0 Å². The average Bonchev–Trinajstić information content (AvgIpc) is 2.44. The molecule has 0 saturated carbocycles. The van der Waals surface area contributed by atoms with Crippen molar-refractivity contribution in [2.75, 3.05) is 6.61 Å². The molecule has 22 heavy (non-hydrogen) atoms. The largest absolute Gasteiger partial charge is 0.453 e. The van der Waals surface area contributed by atoms with Gasteiger partial charge in [-0.05, 0) is 31.9 Å². The summed E-state index contributed by atoms with van der Waals surface area (Å²) in [6, 6.07) is 3.84. The number of amides is 1. The lowest BCUT2D eigenvalue weighted by atomic mass is 9.97. The molecule has 1 aliphatic rings. The summed E-state index contributed by atoms with van der Waals surface area (Å²) < 4.78 is 5.00. The highest BCUT2D eigenvalue weighted by atomic mass is 16.5. The molecule has 1 amide bonds. The van der Waals surface area contributed by atoms with Crippen molar-refractivity contribution in [3.8, 4) is 0 Å². The fourth-order valence-electron chi connectivity index (χ4n) is 2.53. The van der Waals surface area contributed by atoms with E-state index in [-0.39, 0.29) is 36.9 Å². The van der Waals surface area contributed by atoms with Crippen LogP contribution in [0, 0.1) is 20.8 Å². The van der Waals surface area contributed by atoms with Crippen molar-refractivity contribution in [1.82, 2.24) is 5.43 Å². The number of carbonyl (C=O) groups excluding carboxylic acids is 3. The minimum atomic E-state index is -0.671. The molecule has 0 fully saturated rings. The van der Waals surface area contributed by atoms with E-state index in [2.05, 4.69) is 10.5 Å². The lowest BCUT2D eigenvalue weighted by molar-refractivity contribution is -0.134. The Kier molecular flexibility index (Phi) is 4.70. The molecule has 6 heteroatoms. The second-order valence-electron chi connectivity index (χ2n) is 5.37. The van der Waals surface area contributed by atoms with Crippen LogP contribution in [0.4, 0.5) is 0 Å². The van der Waals surface area contributed by atoms with Gasteiger partial charge in [0.25, 0.3) is 0 Å². The lowest BCUT2D eigenvalue weighted by Crippen LogP contribution is -2.31. The van der Waals surface area contributed by atoms with Gasteiger partial charge in [0.15, 0.2) is 6.61 Å². The van der Waals surface area contributed by atoms with E-state index in [1.54, 1.807) is 0 Å². The van der Waals surface area contributed by atoms with E-state index in [4.69, 9.17) is 4.74 Å². The maximum atomic E-state index is 12.3. The van der Waals surface area contributed by atoms with E-state index < -0.39 is 5.97 Å². The van der Waals surface area contributed by atoms with E-state index in [0.29, 0.717) is 5.56 Å². The molecule has 0 bridgehead atoms. The molecule has 6 nitrogen and oxygen atoms in total. The van der Waals surface area contributed by atoms with E-state index in [0.717, 1.165) is 16.7 Å². The quantitative estimate of drug-likeness (QED) is 0.676. The summed E-state index contributed by atoms with van der Waals surface area (Å²) in [5, 5.41) is 3.64. The van der Waals surface area contributed by atoms with Crippen LogP contribution in [-0.4, -0.2) is 30.0 Å². The third kappa shape index (κ3) is 3.58. The third-order valence-corrected chi connectivity index (χ3v) is 3.43. The molecule has 0 aromatic heterocycles. The van der Waals surface area contributed by atoms with Gasteiger partial charge >= 0.3 is 5.97 Å². The van der Waals surface area contributed by atoms with Gasteiger partial charge in [-0.15, -0.1) is 0 Å². The fraction of sp³-hybridized carbons (Fsp3) is 0.375. The molecule has 1 heterocycles. The van der Waals surface area contributed by atoms with Crippen LogP contribution in [0.1, 0.15) is 39.9 Å². The summed E-state index contributed by atoms with van der Waals surface area (Å²) in [6.45, 7) is 5.34. The molecule has 1 N–H and O–H groups in total. The highest BCUT2D eigenvalue weighted by Gasteiger charge is 2.21. The smallest absolute Gasteiger partial charge is 0.354 e. The number of hydrazone groups is 1. The number of Topliss-reactive ketones (excluding diaryl/α,β-unsaturated/α-hetero) is 1. The Morgan fingerprint density at radius 3 is 2.36 bits per heavy atom. The van der Waals surface area contributed by atoms with Crippen molar-refractivity contribution in [3.05, 3.63) is 34.4 Å². The number of nitrogens with zero attached hydrogens (tertiary/aromatic N) is 1. The van der Waals surface area contributed by atoms with Crippen molar-refractivity contribution in [3.63, 3.8) is 0 Å². The minimum Gasteiger partial charge on any atom is -0.453 e. The first-order valence-corrected chi connectivity index (χ1v) is 7.02. The van der Waals surface area contributed by atoms with E-state index in [1.165, 1.54) is 0 Å². The van der Waals surface area contributed by atoms with Gasteiger partial charge in [0.2, 0.25) is 11.7 Å². The fourth-order valence-corrected chi connectivity index (χ4v) is 2.53. The number of hydrogen-bond donors (Lipinski definition) is 1. The molecule has 1 aliphatic heterocycles. The summed E-state index contributed by atoms with van der Waals surface area (Å²) >= 11 is 0. The predicted molar refractivity (Wildman–Crippen MR) is 80.8 cm³/mol. The number of carbonyl (C=O) groups is 3. The molecule has 1 aromatic carbocycles. The summed E-state index contributed by atoms with van der Waals surface area (Å²) in [5.41, 5.74) is 5.73. The highest BCUT2D eigenvalue weighted by molar-refractivity contribution is 6.37. The number of nitrogens with one attached hydrogen (secondary N) is 1. The Bertz CT molecular complexity index is 654. The molecule has 2 rings (SSSR count). The van der Waals surface area contributed by atoms with Crippen molar-refractivity contribution < 1.29 is 19.1 Å². The molecule has 0 aliphatic carbocycles. The monoisotopic (exact) mass is 302 g/mol. The number of benzene rings is 1. The molecule has 0 radical (unpaired) electrons. The summed E-state index contributed by atoms with van der Waals surface area (Å²) in [7, 11) is 0. The molecule has 0 unspecified atom stereocenters. The average molecular weight is 302 g/mol. The second kappa shape index (κ2) is 6.51. The topological polar surface area (TPSA) is 84.8 Å². The summed E-state index contributed by atoms with van der Waals surface area (Å²) in [5.74, 6) is -1.15. The zero-order valence-electron chi connectivity index (χ0n) is 12.9. The van der Waals surface area contributed by atoms with E-state index >= 15 is 0 Å². The van der Waals surface area contributed by atoms with Crippen LogP contribution in [0.2, 0.25) is 0 Å². The zero-order chi connectivity index (χ0) is 16.3. The normalized spacial score (nSPS) is 14.1. The Morgan fingerprint density at radius 1 is 1.18 bits per heavy atom. The van der Waals surface area contributed by atoms with Crippen LogP contribution in [0.5, 0.6) is 0 Å². The first-order valence-electron chi connectivity index (χ1n) is 7.02. The van der Waals surface area contributed by atoms with E-state index in [1.807, 2.05) is 32.9 Å². The molecule has 1 aromatic rings. The minimum absolute atomic E-state index is 0.129. The maximum Gasteiger partial charge on any atom is 0.354 e.